The molecule has 1 heteroatoms. The molecule has 0 aromatic heterocycles. The summed E-state index contributed by atoms with van der Waals surface area (Å²) in [6.45, 7) is 10.8. The van der Waals surface area contributed by atoms with Crippen LogP contribution in [0.25, 0.3) is 0 Å². The third kappa shape index (κ3) is 18.0. The lowest BCUT2D eigenvalue weighted by Gasteiger charge is -2.36. The fourth-order valence-electron chi connectivity index (χ4n) is 4.20. The number of hydrogen-bond acceptors (Lipinski definition) is 1. The van der Waals surface area contributed by atoms with Crippen LogP contribution in [0.15, 0.2) is 0 Å². The second-order valence-corrected chi connectivity index (χ2v) is 9.99. The molecule has 28 heavy (non-hydrogen) atoms. The third-order valence-corrected chi connectivity index (χ3v) is 6.77. The Morgan fingerprint density at radius 2 is 0.786 bits per heavy atom. The molecule has 0 amide bonds. The Morgan fingerprint density at radius 1 is 0.464 bits per heavy atom. The van der Waals surface area contributed by atoms with Gasteiger partial charge in [-0.15, -0.1) is 0 Å². The normalized spacial score (nSPS) is 12.2. The minimum Gasteiger partial charge on any atom is -0.301 e. The predicted molar refractivity (Wildman–Crippen MR) is 130 cm³/mol. The zero-order chi connectivity index (χ0) is 20.9. The number of nitrogens with zero attached hydrogens (tertiary/aromatic N) is 1. The summed E-state index contributed by atoms with van der Waals surface area (Å²) in [6, 6.07) is 0. The van der Waals surface area contributed by atoms with Crippen LogP contribution in [0, 0.1) is 0 Å². The maximum Gasteiger partial charge on any atom is 0.0150 e. The first-order valence-corrected chi connectivity index (χ1v) is 13.3. The van der Waals surface area contributed by atoms with Gasteiger partial charge in [0.1, 0.15) is 0 Å². The standard InChI is InChI=1S/C27H57N/c1-6-8-10-12-14-16-18-20-22-24-26-28(5)27(3,4)25-23-21-19-17-15-13-11-9-7-2/h6-26H2,1-5H3. The number of hydrogen-bond donors (Lipinski definition) is 0. The minimum atomic E-state index is 0.375. The Balaban J connectivity index is 3.50. The summed E-state index contributed by atoms with van der Waals surface area (Å²) < 4.78 is 0. The summed E-state index contributed by atoms with van der Waals surface area (Å²) in [4.78, 5) is 2.63. The van der Waals surface area contributed by atoms with Crippen molar-refractivity contribution >= 4 is 0 Å². The third-order valence-electron chi connectivity index (χ3n) is 6.77. The molecule has 0 spiro atoms. The maximum absolute atomic E-state index is 2.63. The highest BCUT2D eigenvalue weighted by molar-refractivity contribution is 4.79. The maximum atomic E-state index is 2.63. The van der Waals surface area contributed by atoms with E-state index in [-0.39, 0.29) is 0 Å². The lowest BCUT2D eigenvalue weighted by molar-refractivity contribution is 0.139. The summed E-state index contributed by atoms with van der Waals surface area (Å²) in [7, 11) is 2.35. The first-order valence-electron chi connectivity index (χ1n) is 13.3. The fourth-order valence-corrected chi connectivity index (χ4v) is 4.20. The van der Waals surface area contributed by atoms with Crippen molar-refractivity contribution in [2.24, 2.45) is 0 Å². The van der Waals surface area contributed by atoms with Crippen molar-refractivity contribution in [2.45, 2.75) is 162 Å². The molecule has 0 aliphatic rings. The van der Waals surface area contributed by atoms with Crippen LogP contribution in [0.4, 0.5) is 0 Å². The van der Waals surface area contributed by atoms with Crippen molar-refractivity contribution in [1.82, 2.24) is 4.90 Å². The molecular weight excluding hydrogens is 338 g/mol. The highest BCUT2D eigenvalue weighted by Gasteiger charge is 2.22. The van der Waals surface area contributed by atoms with E-state index in [1.165, 1.54) is 135 Å². The van der Waals surface area contributed by atoms with Crippen molar-refractivity contribution in [2.75, 3.05) is 13.6 Å². The van der Waals surface area contributed by atoms with Gasteiger partial charge < -0.3 is 4.90 Å². The largest absolute Gasteiger partial charge is 0.301 e. The molecule has 0 heterocycles. The van der Waals surface area contributed by atoms with Gasteiger partial charge in [0.05, 0.1) is 0 Å². The van der Waals surface area contributed by atoms with E-state index >= 15 is 0 Å². The molecule has 0 unspecified atom stereocenters. The van der Waals surface area contributed by atoms with Gasteiger partial charge in [0, 0.05) is 5.54 Å². The van der Waals surface area contributed by atoms with Crippen molar-refractivity contribution < 1.29 is 0 Å². The summed E-state index contributed by atoms with van der Waals surface area (Å²) in [5, 5.41) is 0. The second kappa shape index (κ2) is 20.2. The van der Waals surface area contributed by atoms with Crippen LogP contribution in [0.3, 0.4) is 0 Å². The summed E-state index contributed by atoms with van der Waals surface area (Å²) in [6.07, 6.45) is 28.6. The predicted octanol–water partition coefficient (Wildman–Crippen LogP) is 9.54. The Hall–Kier alpha value is -0.0400. The molecule has 0 aromatic carbocycles. The minimum absolute atomic E-state index is 0.375. The lowest BCUT2D eigenvalue weighted by Crippen LogP contribution is -2.41. The molecule has 0 saturated heterocycles. The van der Waals surface area contributed by atoms with Gasteiger partial charge in [-0.3, -0.25) is 0 Å². The van der Waals surface area contributed by atoms with Crippen LogP contribution in [0.5, 0.6) is 0 Å². The molecule has 0 N–H and O–H groups in total. The van der Waals surface area contributed by atoms with Gasteiger partial charge in [0.25, 0.3) is 0 Å². The van der Waals surface area contributed by atoms with Gasteiger partial charge in [-0.2, -0.15) is 0 Å². The lowest BCUT2D eigenvalue weighted by atomic mass is 9.94. The topological polar surface area (TPSA) is 3.24 Å². The van der Waals surface area contributed by atoms with Gasteiger partial charge in [0.2, 0.25) is 0 Å². The van der Waals surface area contributed by atoms with E-state index in [1.54, 1.807) is 0 Å². The van der Waals surface area contributed by atoms with E-state index in [9.17, 15) is 0 Å². The molecule has 0 fully saturated rings. The molecule has 0 rings (SSSR count). The first-order chi connectivity index (χ1) is 13.5. The van der Waals surface area contributed by atoms with Crippen molar-refractivity contribution in [1.29, 1.82) is 0 Å². The zero-order valence-electron chi connectivity index (χ0n) is 20.8. The molecule has 0 radical (unpaired) electrons. The van der Waals surface area contributed by atoms with E-state index in [0.717, 1.165) is 0 Å². The van der Waals surface area contributed by atoms with Crippen molar-refractivity contribution in [3.63, 3.8) is 0 Å². The summed E-state index contributed by atoms with van der Waals surface area (Å²) in [5.74, 6) is 0. The zero-order valence-corrected chi connectivity index (χ0v) is 20.8. The monoisotopic (exact) mass is 395 g/mol. The number of unbranched alkanes of at least 4 members (excludes halogenated alkanes) is 17. The molecule has 170 valence electrons. The molecule has 0 saturated carbocycles. The molecule has 0 aromatic rings. The van der Waals surface area contributed by atoms with Gasteiger partial charge in [0.15, 0.2) is 0 Å². The Kier molecular flexibility index (Phi) is 20.2. The van der Waals surface area contributed by atoms with Crippen LogP contribution in [-0.4, -0.2) is 24.0 Å². The van der Waals surface area contributed by atoms with Gasteiger partial charge in [-0.25, -0.2) is 0 Å². The Morgan fingerprint density at radius 3 is 1.18 bits per heavy atom. The van der Waals surface area contributed by atoms with Crippen LogP contribution >= 0.6 is 0 Å². The van der Waals surface area contributed by atoms with Crippen LogP contribution in [-0.2, 0) is 0 Å². The molecule has 0 aliphatic carbocycles. The van der Waals surface area contributed by atoms with Gasteiger partial charge in [-0.1, -0.05) is 129 Å². The average Bonchev–Trinajstić information content (AvgIpc) is 2.68. The van der Waals surface area contributed by atoms with Crippen molar-refractivity contribution in [3.8, 4) is 0 Å². The van der Waals surface area contributed by atoms with E-state index in [0.29, 0.717) is 5.54 Å². The molecular formula is C27H57N. The average molecular weight is 396 g/mol. The van der Waals surface area contributed by atoms with Crippen LogP contribution in [0.1, 0.15) is 156 Å². The van der Waals surface area contributed by atoms with Gasteiger partial charge in [-0.05, 0) is 40.3 Å². The number of rotatable bonds is 22. The quantitative estimate of drug-likeness (QED) is 0.165. The molecule has 0 aliphatic heterocycles. The first kappa shape index (κ1) is 28.0. The highest BCUT2D eigenvalue weighted by atomic mass is 15.2. The van der Waals surface area contributed by atoms with E-state index in [1.807, 2.05) is 0 Å². The Labute approximate surface area is 180 Å². The fraction of sp³-hybridized carbons (Fsp3) is 1.00. The van der Waals surface area contributed by atoms with E-state index < -0.39 is 0 Å². The second-order valence-electron chi connectivity index (χ2n) is 9.99. The van der Waals surface area contributed by atoms with E-state index in [2.05, 4.69) is 39.6 Å². The van der Waals surface area contributed by atoms with Crippen LogP contribution < -0.4 is 0 Å². The van der Waals surface area contributed by atoms with Crippen LogP contribution in [0.2, 0.25) is 0 Å². The van der Waals surface area contributed by atoms with Crippen molar-refractivity contribution in [3.05, 3.63) is 0 Å². The molecule has 0 bridgehead atoms. The van der Waals surface area contributed by atoms with E-state index in [4.69, 9.17) is 0 Å². The SMILES string of the molecule is CCCCCCCCCCCCN(C)C(C)(C)CCCCCCCCCCC. The van der Waals surface area contributed by atoms with Gasteiger partial charge >= 0.3 is 0 Å². The Bertz CT molecular complexity index is 297. The highest BCUT2D eigenvalue weighted by Crippen LogP contribution is 2.22. The summed E-state index contributed by atoms with van der Waals surface area (Å²) >= 11 is 0. The smallest absolute Gasteiger partial charge is 0.0150 e. The molecule has 0 atom stereocenters. The molecule has 1 nitrogen and oxygen atoms in total. The summed E-state index contributed by atoms with van der Waals surface area (Å²) in [5.41, 5.74) is 0.375.